The van der Waals surface area contributed by atoms with E-state index in [1.54, 1.807) is 6.07 Å². The number of rotatable bonds is 10. The molecule has 0 saturated heterocycles. The van der Waals surface area contributed by atoms with E-state index in [0.717, 1.165) is 11.3 Å². The number of aliphatic hydroxyl groups is 1. The zero-order valence-corrected chi connectivity index (χ0v) is 19.7. The van der Waals surface area contributed by atoms with Crippen LogP contribution in [-0.2, 0) is 21.1 Å². The van der Waals surface area contributed by atoms with Crippen molar-refractivity contribution in [2.45, 2.75) is 31.6 Å². The van der Waals surface area contributed by atoms with Crippen LogP contribution >= 0.6 is 11.3 Å². The van der Waals surface area contributed by atoms with E-state index in [0.29, 0.717) is 35.7 Å². The Morgan fingerprint density at radius 1 is 1.26 bits per heavy atom. The van der Waals surface area contributed by atoms with Gasteiger partial charge in [0.1, 0.15) is 24.5 Å². The normalized spacial score (nSPS) is 20.2. The Kier molecular flexibility index (Phi) is 7.54. The van der Waals surface area contributed by atoms with Gasteiger partial charge in [0.05, 0.1) is 23.2 Å². The van der Waals surface area contributed by atoms with Crippen molar-refractivity contribution in [2.75, 3.05) is 11.9 Å². The topological polar surface area (TPSA) is 154 Å². The summed E-state index contributed by atoms with van der Waals surface area (Å²) in [6, 6.07) is 11.0. The zero-order chi connectivity index (χ0) is 24.1. The second-order valence-corrected chi connectivity index (χ2v) is 10.1. The van der Waals surface area contributed by atoms with Gasteiger partial charge in [-0.05, 0) is 36.4 Å². The van der Waals surface area contributed by atoms with Gasteiger partial charge in [-0.25, -0.2) is 15.1 Å². The lowest BCUT2D eigenvalue weighted by atomic mass is 10.1. The molecule has 1 saturated carbocycles. The van der Waals surface area contributed by atoms with Crippen molar-refractivity contribution in [3.8, 4) is 5.75 Å². The number of hydrogen-bond acceptors (Lipinski definition) is 10. The van der Waals surface area contributed by atoms with Crippen molar-refractivity contribution in [1.29, 1.82) is 0 Å². The number of thiophene rings is 1. The molecule has 1 aliphatic carbocycles. The van der Waals surface area contributed by atoms with Crippen LogP contribution in [0.2, 0.25) is 0 Å². The van der Waals surface area contributed by atoms with Crippen LogP contribution in [0.1, 0.15) is 33.6 Å². The molecule has 0 aliphatic heterocycles. The van der Waals surface area contributed by atoms with E-state index in [-0.39, 0.29) is 18.4 Å². The number of benzene rings is 1. The van der Waals surface area contributed by atoms with Crippen molar-refractivity contribution in [2.24, 2.45) is 11.1 Å². The molecule has 1 aliphatic rings. The highest BCUT2D eigenvalue weighted by molar-refractivity contribution is 7.84. The smallest absolute Gasteiger partial charge is 0.333 e. The SMILES string of the molecule is NS(=O)(=O)OC[C@H]1C[C@@H](Nc2ncncc2C(=O)c2cc(COc3ccccc3)cs2)C[C@@H]1O. The van der Waals surface area contributed by atoms with Crippen LogP contribution < -0.4 is 15.2 Å². The van der Waals surface area contributed by atoms with Gasteiger partial charge in [-0.3, -0.25) is 8.98 Å². The van der Waals surface area contributed by atoms with Crippen molar-refractivity contribution in [1.82, 2.24) is 9.97 Å². The molecule has 0 amide bonds. The van der Waals surface area contributed by atoms with Crippen LogP contribution in [0.15, 0.2) is 54.3 Å². The van der Waals surface area contributed by atoms with E-state index in [2.05, 4.69) is 19.5 Å². The zero-order valence-electron chi connectivity index (χ0n) is 18.0. The Morgan fingerprint density at radius 2 is 2.06 bits per heavy atom. The molecule has 0 bridgehead atoms. The summed E-state index contributed by atoms with van der Waals surface area (Å²) in [4.78, 5) is 21.9. The van der Waals surface area contributed by atoms with Gasteiger partial charge in [-0.1, -0.05) is 18.2 Å². The maximum atomic E-state index is 13.2. The molecular formula is C22H24N4O6S2. The molecule has 3 aromatic rings. The highest BCUT2D eigenvalue weighted by Crippen LogP contribution is 2.30. The molecule has 0 unspecified atom stereocenters. The average Bonchev–Trinajstić information content (AvgIpc) is 3.43. The Bertz CT molecular complexity index is 1230. The summed E-state index contributed by atoms with van der Waals surface area (Å²) >= 11 is 1.31. The number of nitrogens with zero attached hydrogens (tertiary/aromatic N) is 2. The number of ether oxygens (including phenoxy) is 1. The molecule has 4 N–H and O–H groups in total. The van der Waals surface area contributed by atoms with Crippen LogP contribution in [0.4, 0.5) is 5.82 Å². The first-order chi connectivity index (χ1) is 16.3. The highest BCUT2D eigenvalue weighted by Gasteiger charge is 2.34. The molecule has 10 nitrogen and oxygen atoms in total. The number of nitrogens with one attached hydrogen (secondary N) is 1. The van der Waals surface area contributed by atoms with E-state index < -0.39 is 22.3 Å². The fourth-order valence-electron chi connectivity index (χ4n) is 3.77. The third-order valence-electron chi connectivity index (χ3n) is 5.43. The van der Waals surface area contributed by atoms with Crippen LogP contribution in [0.5, 0.6) is 5.75 Å². The van der Waals surface area contributed by atoms with E-state index in [1.807, 2.05) is 35.7 Å². The summed E-state index contributed by atoms with van der Waals surface area (Å²) in [5.74, 6) is 0.449. The molecule has 0 spiro atoms. The Labute approximate surface area is 201 Å². The third-order valence-corrected chi connectivity index (χ3v) is 6.87. The number of ketones is 1. The second kappa shape index (κ2) is 10.6. The lowest BCUT2D eigenvalue weighted by Gasteiger charge is -2.15. The molecule has 3 atom stereocenters. The largest absolute Gasteiger partial charge is 0.489 e. The summed E-state index contributed by atoms with van der Waals surface area (Å²) in [7, 11) is -4.08. The Morgan fingerprint density at radius 3 is 2.82 bits per heavy atom. The van der Waals surface area contributed by atoms with Gasteiger partial charge in [0, 0.05) is 23.7 Å². The summed E-state index contributed by atoms with van der Waals surface area (Å²) < 4.78 is 32.4. The van der Waals surface area contributed by atoms with Crippen LogP contribution in [0, 0.1) is 5.92 Å². The molecule has 34 heavy (non-hydrogen) atoms. The molecular weight excluding hydrogens is 480 g/mol. The van der Waals surface area contributed by atoms with Gasteiger partial charge in [0.15, 0.2) is 0 Å². The first kappa shape index (κ1) is 24.2. The Hall–Kier alpha value is -2.90. The monoisotopic (exact) mass is 504 g/mol. The number of nitrogens with two attached hydrogens (primary N) is 1. The number of para-hydroxylation sites is 1. The number of aromatic nitrogens is 2. The van der Waals surface area contributed by atoms with Crippen LogP contribution in [0.3, 0.4) is 0 Å². The molecule has 2 heterocycles. The number of hydrogen-bond donors (Lipinski definition) is 3. The lowest BCUT2D eigenvalue weighted by Crippen LogP contribution is -2.24. The van der Waals surface area contributed by atoms with Gasteiger partial charge < -0.3 is 15.2 Å². The van der Waals surface area contributed by atoms with Gasteiger partial charge in [-0.2, -0.15) is 8.42 Å². The first-order valence-corrected chi connectivity index (χ1v) is 12.9. The molecule has 4 rings (SSSR count). The summed E-state index contributed by atoms with van der Waals surface area (Å²) in [6.07, 6.45) is 2.78. The summed E-state index contributed by atoms with van der Waals surface area (Å²) in [6.45, 7) is 0.128. The average molecular weight is 505 g/mol. The molecule has 180 valence electrons. The van der Waals surface area contributed by atoms with E-state index in [4.69, 9.17) is 9.88 Å². The van der Waals surface area contributed by atoms with E-state index in [9.17, 15) is 18.3 Å². The van der Waals surface area contributed by atoms with Crippen molar-refractivity contribution in [3.63, 3.8) is 0 Å². The van der Waals surface area contributed by atoms with E-state index >= 15 is 0 Å². The van der Waals surface area contributed by atoms with Crippen molar-refractivity contribution >= 4 is 33.2 Å². The first-order valence-electron chi connectivity index (χ1n) is 10.5. The lowest BCUT2D eigenvalue weighted by molar-refractivity contribution is 0.101. The predicted octanol–water partition coefficient (Wildman–Crippen LogP) is 2.12. The third kappa shape index (κ3) is 6.36. The van der Waals surface area contributed by atoms with Gasteiger partial charge in [-0.15, -0.1) is 11.3 Å². The summed E-state index contributed by atoms with van der Waals surface area (Å²) in [5.41, 5.74) is 1.18. The maximum Gasteiger partial charge on any atom is 0.333 e. The molecule has 0 radical (unpaired) electrons. The standard InChI is InChI=1S/C22H24N4O6S2/c23-34(29,30)32-11-15-7-16(8-19(15)27)26-22-18(9-24-13-25-22)21(28)20-6-14(12-33-20)10-31-17-4-2-1-3-5-17/h1-6,9,12-13,15-16,19,27H,7-8,10-11H2,(H2,23,29,30)(H,24,25,26)/t15-,16-,19+/m1/s1. The minimum atomic E-state index is -4.08. The minimum Gasteiger partial charge on any atom is -0.489 e. The number of carbonyl (C=O) groups excluding carboxylic acids is 1. The highest BCUT2D eigenvalue weighted by atomic mass is 32.2. The van der Waals surface area contributed by atoms with Crippen molar-refractivity contribution in [3.05, 3.63) is 70.3 Å². The predicted molar refractivity (Wildman–Crippen MR) is 126 cm³/mol. The van der Waals surface area contributed by atoms with E-state index in [1.165, 1.54) is 23.9 Å². The number of carbonyl (C=O) groups is 1. The number of anilines is 1. The van der Waals surface area contributed by atoms with Gasteiger partial charge in [0.2, 0.25) is 5.78 Å². The molecule has 12 heteroatoms. The van der Waals surface area contributed by atoms with Crippen LogP contribution in [-0.4, -0.2) is 48.0 Å². The molecule has 2 aromatic heterocycles. The number of aliphatic hydroxyl groups excluding tert-OH is 1. The minimum absolute atomic E-state index is 0.212. The molecule has 1 aromatic carbocycles. The van der Waals surface area contributed by atoms with Gasteiger partial charge >= 0.3 is 10.3 Å². The fourth-order valence-corrected chi connectivity index (χ4v) is 4.99. The molecule has 1 fully saturated rings. The van der Waals surface area contributed by atoms with Gasteiger partial charge in [0.25, 0.3) is 0 Å². The Balaban J connectivity index is 1.40. The van der Waals surface area contributed by atoms with Crippen LogP contribution in [0.25, 0.3) is 0 Å². The second-order valence-electron chi connectivity index (χ2n) is 7.95. The summed E-state index contributed by atoms with van der Waals surface area (Å²) in [5, 5.41) is 20.2. The fraction of sp³-hybridized carbons (Fsp3) is 0.318. The maximum absolute atomic E-state index is 13.2. The van der Waals surface area contributed by atoms with Crippen molar-refractivity contribution < 1.29 is 27.2 Å². The quantitative estimate of drug-likeness (QED) is 0.352.